The van der Waals surface area contributed by atoms with Gasteiger partial charge in [-0.2, -0.15) is 0 Å². The van der Waals surface area contributed by atoms with Crippen LogP contribution in [-0.4, -0.2) is 65.0 Å². The third-order valence-corrected chi connectivity index (χ3v) is 4.65. The maximum atomic E-state index is 11.2. The molecule has 0 atom stereocenters. The number of amides is 1. The van der Waals surface area contributed by atoms with Crippen LogP contribution in [0.25, 0.3) is 0 Å². The highest BCUT2D eigenvalue weighted by atomic mass is 16.6. The number of primary amides is 1. The van der Waals surface area contributed by atoms with Gasteiger partial charge in [0.25, 0.3) is 5.69 Å². The first-order chi connectivity index (χ1) is 13.5. The molecule has 0 saturated carbocycles. The lowest BCUT2D eigenvalue weighted by Gasteiger charge is -2.34. The average Bonchev–Trinajstić information content (AvgIpc) is 2.72. The Kier molecular flexibility index (Phi) is 6.33. The molecule has 0 unspecified atom stereocenters. The maximum absolute atomic E-state index is 11.2. The van der Waals surface area contributed by atoms with Gasteiger partial charge in [0, 0.05) is 56.7 Å². The third kappa shape index (κ3) is 4.92. The summed E-state index contributed by atoms with van der Waals surface area (Å²) in [6.45, 7) is 5.08. The molecule has 1 saturated heterocycles. The largest absolute Gasteiger partial charge is 0.379 e. The lowest BCUT2D eigenvalue weighted by molar-refractivity contribution is -0.384. The lowest BCUT2D eigenvalue weighted by atomic mass is 10.1. The summed E-state index contributed by atoms with van der Waals surface area (Å²) in [4.78, 5) is 35.0. The van der Waals surface area contributed by atoms with Gasteiger partial charge >= 0.3 is 0 Å². The fraction of sp³-hybridized carbons (Fsp3) is 0.389. The molecule has 1 amide bonds. The van der Waals surface area contributed by atoms with Gasteiger partial charge in [-0.05, 0) is 31.2 Å². The fourth-order valence-corrected chi connectivity index (χ4v) is 3.14. The van der Waals surface area contributed by atoms with Crippen molar-refractivity contribution in [1.29, 1.82) is 0 Å². The van der Waals surface area contributed by atoms with Crippen LogP contribution in [0.5, 0.6) is 0 Å². The van der Waals surface area contributed by atoms with E-state index in [0.717, 1.165) is 45.1 Å². The molecule has 0 radical (unpaired) electrons. The Hall–Kier alpha value is -3.27. The summed E-state index contributed by atoms with van der Waals surface area (Å²) in [6, 6.07) is 6.02. The van der Waals surface area contributed by atoms with Crippen LogP contribution in [0.1, 0.15) is 16.8 Å². The molecule has 0 spiro atoms. The highest BCUT2D eigenvalue weighted by molar-refractivity contribution is 5.94. The van der Waals surface area contributed by atoms with E-state index in [2.05, 4.69) is 25.1 Å². The second kappa shape index (κ2) is 9.09. The van der Waals surface area contributed by atoms with Gasteiger partial charge in [-0.1, -0.05) is 0 Å². The molecule has 148 valence electrons. The van der Waals surface area contributed by atoms with Gasteiger partial charge in [-0.3, -0.25) is 19.8 Å². The van der Waals surface area contributed by atoms with Gasteiger partial charge in [0.2, 0.25) is 11.9 Å². The Morgan fingerprint density at radius 2 is 1.93 bits per heavy atom. The van der Waals surface area contributed by atoms with Crippen molar-refractivity contribution >= 4 is 23.2 Å². The number of nitro benzene ring substituents is 1. The van der Waals surface area contributed by atoms with E-state index in [1.165, 1.54) is 18.2 Å². The van der Waals surface area contributed by atoms with Crippen LogP contribution in [-0.2, 0) is 0 Å². The smallest absolute Gasteiger partial charge is 0.293 e. The van der Waals surface area contributed by atoms with Crippen molar-refractivity contribution in [3.8, 4) is 0 Å². The number of nitrogens with two attached hydrogens (primary N) is 1. The van der Waals surface area contributed by atoms with Gasteiger partial charge in [0.1, 0.15) is 5.69 Å². The number of anilines is 2. The van der Waals surface area contributed by atoms with Gasteiger partial charge in [0.05, 0.1) is 4.92 Å². The SMILES string of the molecule is NC(=O)c1ccc(NCCCN2CCN(c3ncccn3)CC2)c([N+](=O)[O-])c1. The van der Waals surface area contributed by atoms with Gasteiger partial charge in [-0.15, -0.1) is 0 Å². The highest BCUT2D eigenvalue weighted by Crippen LogP contribution is 2.25. The Labute approximate surface area is 162 Å². The summed E-state index contributed by atoms with van der Waals surface area (Å²) in [7, 11) is 0. The zero-order chi connectivity index (χ0) is 19.9. The number of hydrogen-bond acceptors (Lipinski definition) is 8. The van der Waals surface area contributed by atoms with E-state index in [1.807, 2.05) is 0 Å². The molecule has 3 rings (SSSR count). The molecule has 2 aromatic rings. The molecule has 0 bridgehead atoms. The minimum Gasteiger partial charge on any atom is -0.379 e. The van der Waals surface area contributed by atoms with Gasteiger partial charge in [-0.25, -0.2) is 9.97 Å². The van der Waals surface area contributed by atoms with Crippen LogP contribution in [0.2, 0.25) is 0 Å². The van der Waals surface area contributed by atoms with E-state index in [1.54, 1.807) is 18.5 Å². The quantitative estimate of drug-likeness (QED) is 0.392. The minimum absolute atomic E-state index is 0.123. The second-order valence-corrected chi connectivity index (χ2v) is 6.51. The molecular weight excluding hydrogens is 362 g/mol. The topological polar surface area (TPSA) is 131 Å². The number of rotatable bonds is 8. The molecule has 3 N–H and O–H groups in total. The zero-order valence-corrected chi connectivity index (χ0v) is 15.5. The van der Waals surface area contributed by atoms with Crippen molar-refractivity contribution in [2.75, 3.05) is 49.5 Å². The van der Waals surface area contributed by atoms with Crippen molar-refractivity contribution in [3.05, 3.63) is 52.3 Å². The van der Waals surface area contributed by atoms with Crippen LogP contribution in [0.3, 0.4) is 0 Å². The molecule has 10 heteroatoms. The van der Waals surface area contributed by atoms with Crippen LogP contribution in [0, 0.1) is 10.1 Å². The normalized spacial score (nSPS) is 14.6. The van der Waals surface area contributed by atoms with E-state index < -0.39 is 10.8 Å². The number of carbonyl (C=O) groups excluding carboxylic acids is 1. The molecular formula is C18H23N7O3. The van der Waals surface area contributed by atoms with Crippen molar-refractivity contribution in [2.45, 2.75) is 6.42 Å². The van der Waals surface area contributed by atoms with Crippen molar-refractivity contribution in [3.63, 3.8) is 0 Å². The van der Waals surface area contributed by atoms with E-state index in [0.29, 0.717) is 12.2 Å². The van der Waals surface area contributed by atoms with Crippen LogP contribution < -0.4 is 16.0 Å². The molecule has 2 heterocycles. The number of aromatic nitrogens is 2. The Bertz CT molecular complexity index is 823. The number of hydrogen-bond donors (Lipinski definition) is 2. The second-order valence-electron chi connectivity index (χ2n) is 6.51. The zero-order valence-electron chi connectivity index (χ0n) is 15.5. The number of nitro groups is 1. The number of carbonyl (C=O) groups is 1. The first-order valence-corrected chi connectivity index (χ1v) is 9.11. The summed E-state index contributed by atoms with van der Waals surface area (Å²) in [6.07, 6.45) is 4.33. The van der Waals surface area contributed by atoms with Gasteiger partial charge < -0.3 is 16.0 Å². The molecule has 1 aromatic carbocycles. The molecule has 0 aliphatic carbocycles. The number of nitrogens with one attached hydrogen (secondary N) is 1. The molecule has 1 fully saturated rings. The Morgan fingerprint density at radius 1 is 1.21 bits per heavy atom. The van der Waals surface area contributed by atoms with E-state index >= 15 is 0 Å². The number of nitrogens with zero attached hydrogens (tertiary/aromatic N) is 5. The predicted octanol–water partition coefficient (Wildman–Crippen LogP) is 1.11. The van der Waals surface area contributed by atoms with Crippen LogP contribution in [0.15, 0.2) is 36.7 Å². The van der Waals surface area contributed by atoms with Crippen molar-refractivity contribution in [1.82, 2.24) is 14.9 Å². The number of benzene rings is 1. The van der Waals surface area contributed by atoms with Crippen LogP contribution >= 0.6 is 0 Å². The van der Waals surface area contributed by atoms with Crippen molar-refractivity contribution < 1.29 is 9.72 Å². The molecule has 10 nitrogen and oxygen atoms in total. The van der Waals surface area contributed by atoms with E-state index in [4.69, 9.17) is 5.73 Å². The van der Waals surface area contributed by atoms with E-state index in [-0.39, 0.29) is 11.3 Å². The first kappa shape index (κ1) is 19.5. The van der Waals surface area contributed by atoms with Gasteiger partial charge in [0.15, 0.2) is 0 Å². The summed E-state index contributed by atoms with van der Waals surface area (Å²) in [5, 5.41) is 14.3. The Balaban J connectivity index is 1.44. The molecule has 1 aromatic heterocycles. The summed E-state index contributed by atoms with van der Waals surface area (Å²) < 4.78 is 0. The highest BCUT2D eigenvalue weighted by Gasteiger charge is 2.19. The van der Waals surface area contributed by atoms with E-state index in [9.17, 15) is 14.9 Å². The maximum Gasteiger partial charge on any atom is 0.293 e. The average molecular weight is 385 g/mol. The fourth-order valence-electron chi connectivity index (χ4n) is 3.14. The van der Waals surface area contributed by atoms with Crippen molar-refractivity contribution in [2.24, 2.45) is 5.73 Å². The first-order valence-electron chi connectivity index (χ1n) is 9.11. The molecule has 28 heavy (non-hydrogen) atoms. The molecule has 1 aliphatic heterocycles. The summed E-state index contributed by atoms with van der Waals surface area (Å²) >= 11 is 0. The number of piperazine rings is 1. The standard InChI is InChI=1S/C18H23N7O3/c19-17(26)14-3-4-15(16(13-14)25(27)28)20-7-2-8-23-9-11-24(12-10-23)18-21-5-1-6-22-18/h1,3-6,13,20H,2,7-12H2,(H2,19,26). The molecule has 1 aliphatic rings. The minimum atomic E-state index is -0.685. The predicted molar refractivity (Wildman–Crippen MR) is 105 cm³/mol. The van der Waals surface area contributed by atoms with Crippen LogP contribution in [0.4, 0.5) is 17.3 Å². The monoisotopic (exact) mass is 385 g/mol. The summed E-state index contributed by atoms with van der Waals surface area (Å²) in [5.74, 6) is 0.0743. The lowest BCUT2D eigenvalue weighted by Crippen LogP contribution is -2.47. The Morgan fingerprint density at radius 3 is 2.57 bits per heavy atom. The third-order valence-electron chi connectivity index (χ3n) is 4.65. The summed E-state index contributed by atoms with van der Waals surface area (Å²) in [5.41, 5.74) is 5.55.